The molecule has 0 aromatic heterocycles. The van der Waals surface area contributed by atoms with Crippen LogP contribution in [-0.2, 0) is 0 Å². The molecule has 0 saturated heterocycles. The van der Waals surface area contributed by atoms with E-state index in [4.69, 9.17) is 0 Å². The lowest BCUT2D eigenvalue weighted by molar-refractivity contribution is 0.384. The zero-order valence-electron chi connectivity index (χ0n) is 8.96. The van der Waals surface area contributed by atoms with Crippen molar-refractivity contribution in [3.63, 3.8) is 0 Å². The molecule has 0 N–H and O–H groups in total. The van der Waals surface area contributed by atoms with Crippen molar-refractivity contribution in [1.82, 2.24) is 0 Å². The molecule has 72 valence electrons. The lowest BCUT2D eigenvalue weighted by atomic mass is 9.80. The predicted molar refractivity (Wildman–Crippen MR) is 57.4 cm³/mol. The third kappa shape index (κ3) is 1.37. The summed E-state index contributed by atoms with van der Waals surface area (Å²) in [4.78, 5) is 0. The summed E-state index contributed by atoms with van der Waals surface area (Å²) in [5.41, 5.74) is 1.74. The van der Waals surface area contributed by atoms with Gasteiger partial charge >= 0.3 is 0 Å². The molecule has 2 aliphatic carbocycles. The summed E-state index contributed by atoms with van der Waals surface area (Å²) in [6.07, 6.45) is 9.94. The topological polar surface area (TPSA) is 0 Å². The molecule has 0 aromatic rings. The third-order valence-corrected chi connectivity index (χ3v) is 3.55. The summed E-state index contributed by atoms with van der Waals surface area (Å²) in [5.74, 6) is 3.34. The SMILES string of the molecule is CCC=C1C2C=CC(C2)C1C(C)C. The van der Waals surface area contributed by atoms with Gasteiger partial charge < -0.3 is 0 Å². The van der Waals surface area contributed by atoms with Crippen LogP contribution in [0.25, 0.3) is 0 Å². The second-order valence-electron chi connectivity index (χ2n) is 4.77. The number of fused-ring (bicyclic) bond motifs is 2. The molecular formula is C13H20. The molecule has 0 nitrogen and oxygen atoms in total. The lowest BCUT2D eigenvalue weighted by Crippen LogP contribution is -2.16. The molecule has 0 aromatic carbocycles. The molecule has 0 amide bonds. The summed E-state index contributed by atoms with van der Waals surface area (Å²) >= 11 is 0. The van der Waals surface area contributed by atoms with Crippen molar-refractivity contribution in [3.05, 3.63) is 23.8 Å². The van der Waals surface area contributed by atoms with Crippen molar-refractivity contribution in [2.75, 3.05) is 0 Å². The largest absolute Gasteiger partial charge is 0.0847 e. The van der Waals surface area contributed by atoms with E-state index >= 15 is 0 Å². The van der Waals surface area contributed by atoms with Crippen LogP contribution in [0.4, 0.5) is 0 Å². The summed E-state index contributed by atoms with van der Waals surface area (Å²) < 4.78 is 0. The van der Waals surface area contributed by atoms with Crippen LogP contribution in [0.3, 0.4) is 0 Å². The average Bonchev–Trinajstić information content (AvgIpc) is 2.63. The van der Waals surface area contributed by atoms with Gasteiger partial charge in [-0.05, 0) is 36.5 Å². The first-order valence-corrected chi connectivity index (χ1v) is 5.62. The van der Waals surface area contributed by atoms with Gasteiger partial charge in [-0.2, -0.15) is 0 Å². The first-order valence-electron chi connectivity index (χ1n) is 5.62. The first-order chi connectivity index (χ1) is 6.24. The molecule has 0 heteroatoms. The minimum absolute atomic E-state index is 0.803. The highest BCUT2D eigenvalue weighted by Gasteiger charge is 2.40. The first kappa shape index (κ1) is 9.05. The molecule has 1 saturated carbocycles. The fourth-order valence-corrected chi connectivity index (χ4v) is 3.14. The number of allylic oxidation sites excluding steroid dienone is 4. The molecule has 2 rings (SSSR count). The molecule has 1 fully saturated rings. The molecule has 0 heterocycles. The van der Waals surface area contributed by atoms with Gasteiger partial charge in [-0.1, -0.05) is 44.6 Å². The van der Waals surface area contributed by atoms with Crippen LogP contribution >= 0.6 is 0 Å². The van der Waals surface area contributed by atoms with E-state index in [1.807, 2.05) is 0 Å². The Balaban J connectivity index is 2.26. The molecule has 0 aliphatic heterocycles. The Morgan fingerprint density at radius 3 is 2.85 bits per heavy atom. The summed E-state index contributed by atoms with van der Waals surface area (Å²) in [7, 11) is 0. The maximum absolute atomic E-state index is 2.47. The second kappa shape index (κ2) is 3.32. The normalized spacial score (nSPS) is 39.7. The van der Waals surface area contributed by atoms with Gasteiger partial charge in [0.05, 0.1) is 0 Å². The predicted octanol–water partition coefficient (Wildman–Crippen LogP) is 3.80. The highest BCUT2D eigenvalue weighted by atomic mass is 14.4. The van der Waals surface area contributed by atoms with Crippen LogP contribution < -0.4 is 0 Å². The van der Waals surface area contributed by atoms with Gasteiger partial charge in [0.15, 0.2) is 0 Å². The number of hydrogen-bond donors (Lipinski definition) is 0. The molecule has 2 aliphatic rings. The van der Waals surface area contributed by atoms with Crippen molar-refractivity contribution in [3.8, 4) is 0 Å². The van der Waals surface area contributed by atoms with E-state index in [9.17, 15) is 0 Å². The minimum Gasteiger partial charge on any atom is -0.0847 e. The van der Waals surface area contributed by atoms with Gasteiger partial charge in [0, 0.05) is 0 Å². The molecule has 3 unspecified atom stereocenters. The van der Waals surface area contributed by atoms with Crippen LogP contribution in [0.15, 0.2) is 23.8 Å². The smallest absolute Gasteiger partial charge is 0.00143 e. The highest BCUT2D eigenvalue weighted by Crippen LogP contribution is 2.50. The van der Waals surface area contributed by atoms with Gasteiger partial charge in [-0.15, -0.1) is 0 Å². The average molecular weight is 176 g/mol. The maximum atomic E-state index is 2.47. The van der Waals surface area contributed by atoms with E-state index in [0.29, 0.717) is 0 Å². The van der Waals surface area contributed by atoms with E-state index in [-0.39, 0.29) is 0 Å². The molecular weight excluding hydrogens is 156 g/mol. The Morgan fingerprint density at radius 1 is 1.46 bits per heavy atom. The van der Waals surface area contributed by atoms with Crippen molar-refractivity contribution < 1.29 is 0 Å². The van der Waals surface area contributed by atoms with Crippen LogP contribution in [0.2, 0.25) is 0 Å². The van der Waals surface area contributed by atoms with E-state index < -0.39 is 0 Å². The van der Waals surface area contributed by atoms with Crippen LogP contribution in [0.5, 0.6) is 0 Å². The Labute approximate surface area is 81.7 Å². The fourth-order valence-electron chi connectivity index (χ4n) is 3.14. The summed E-state index contributed by atoms with van der Waals surface area (Å²) in [5, 5.41) is 0. The molecule has 3 atom stereocenters. The zero-order chi connectivity index (χ0) is 9.42. The molecule has 0 spiro atoms. The number of hydrogen-bond acceptors (Lipinski definition) is 0. The quantitative estimate of drug-likeness (QED) is 0.561. The summed E-state index contributed by atoms with van der Waals surface area (Å²) in [6.45, 7) is 6.98. The van der Waals surface area contributed by atoms with Crippen LogP contribution in [0, 0.1) is 23.7 Å². The van der Waals surface area contributed by atoms with Crippen molar-refractivity contribution >= 4 is 0 Å². The highest BCUT2D eigenvalue weighted by molar-refractivity contribution is 5.31. The van der Waals surface area contributed by atoms with Crippen molar-refractivity contribution in [2.45, 2.75) is 33.6 Å². The van der Waals surface area contributed by atoms with Crippen LogP contribution in [-0.4, -0.2) is 0 Å². The Bertz CT molecular complexity index is 245. The second-order valence-corrected chi connectivity index (χ2v) is 4.77. The zero-order valence-corrected chi connectivity index (χ0v) is 8.96. The van der Waals surface area contributed by atoms with Gasteiger partial charge in [-0.25, -0.2) is 0 Å². The Kier molecular flexibility index (Phi) is 2.31. The third-order valence-electron chi connectivity index (χ3n) is 3.55. The van der Waals surface area contributed by atoms with Gasteiger partial charge in [0.25, 0.3) is 0 Å². The van der Waals surface area contributed by atoms with Gasteiger partial charge in [-0.3, -0.25) is 0 Å². The maximum Gasteiger partial charge on any atom is -0.00143 e. The molecule has 0 radical (unpaired) electrons. The summed E-state index contributed by atoms with van der Waals surface area (Å²) in [6, 6.07) is 0. The minimum atomic E-state index is 0.803. The lowest BCUT2D eigenvalue weighted by Gasteiger charge is -2.25. The van der Waals surface area contributed by atoms with E-state index in [1.54, 1.807) is 5.57 Å². The van der Waals surface area contributed by atoms with E-state index in [0.717, 1.165) is 23.7 Å². The molecule has 13 heavy (non-hydrogen) atoms. The molecule has 2 bridgehead atoms. The van der Waals surface area contributed by atoms with E-state index in [1.165, 1.54) is 12.8 Å². The van der Waals surface area contributed by atoms with E-state index in [2.05, 4.69) is 39.0 Å². The van der Waals surface area contributed by atoms with Crippen molar-refractivity contribution in [2.24, 2.45) is 23.7 Å². The van der Waals surface area contributed by atoms with Gasteiger partial charge in [0.2, 0.25) is 0 Å². The Morgan fingerprint density at radius 2 is 2.23 bits per heavy atom. The van der Waals surface area contributed by atoms with Crippen LogP contribution in [0.1, 0.15) is 33.6 Å². The van der Waals surface area contributed by atoms with Crippen molar-refractivity contribution in [1.29, 1.82) is 0 Å². The fraction of sp³-hybridized carbons (Fsp3) is 0.692. The monoisotopic (exact) mass is 176 g/mol. The van der Waals surface area contributed by atoms with Gasteiger partial charge in [0.1, 0.15) is 0 Å². The number of rotatable bonds is 2. The Hall–Kier alpha value is -0.520. The standard InChI is InChI=1S/C13H20/c1-4-5-12-10-6-7-11(8-10)13(12)9(2)3/h5-7,9-11,13H,4,8H2,1-3H3.